The number of aliphatic hydroxyl groups excluding tert-OH is 4. The zero-order valence-electron chi connectivity index (χ0n) is 15.2. The van der Waals surface area contributed by atoms with E-state index in [4.69, 9.17) is 28.4 Å². The molecule has 3 saturated heterocycles. The molecule has 1 aromatic rings. The Labute approximate surface area is 165 Å². The zero-order valence-corrected chi connectivity index (χ0v) is 15.2. The molecular weight excluding hydrogens is 388 g/mol. The van der Waals surface area contributed by atoms with Crippen molar-refractivity contribution >= 4 is 0 Å². The largest absolute Gasteiger partial charge is 0.465 e. The van der Waals surface area contributed by atoms with Crippen LogP contribution in [0.2, 0.25) is 0 Å². The lowest BCUT2D eigenvalue weighted by Crippen LogP contribution is -2.60. The Hall–Kier alpha value is -1.76. The first-order valence-corrected chi connectivity index (χ1v) is 9.40. The standard InChI is InChI=1S/C19H22O10/c20-11-13(22)18-25-7-9(26-18)16(11)29-19-14(23)12(21)15-10(27-19)6-24-17(28-15)8-4-2-1-3-5-8/h1-6,9,11-23H,7H2. The van der Waals surface area contributed by atoms with E-state index >= 15 is 0 Å². The van der Waals surface area contributed by atoms with Gasteiger partial charge in [0.05, 0.1) is 6.61 Å². The first-order valence-electron chi connectivity index (χ1n) is 9.40. The first kappa shape index (κ1) is 19.2. The minimum absolute atomic E-state index is 0.116. The van der Waals surface area contributed by atoms with Crippen LogP contribution in [0.3, 0.4) is 0 Å². The van der Waals surface area contributed by atoms with Gasteiger partial charge in [0.25, 0.3) is 0 Å². The van der Waals surface area contributed by atoms with Gasteiger partial charge in [0.1, 0.15) is 42.9 Å². The molecule has 10 unspecified atom stereocenters. The van der Waals surface area contributed by atoms with Crippen molar-refractivity contribution in [1.29, 1.82) is 0 Å². The Bertz CT molecular complexity index is 757. The molecule has 5 rings (SSSR count). The minimum atomic E-state index is -1.48. The second kappa shape index (κ2) is 7.49. The Morgan fingerprint density at radius 2 is 1.69 bits per heavy atom. The lowest BCUT2D eigenvalue weighted by atomic mass is 9.99. The molecule has 29 heavy (non-hydrogen) atoms. The van der Waals surface area contributed by atoms with Crippen LogP contribution in [0.15, 0.2) is 42.4 Å². The van der Waals surface area contributed by atoms with Crippen molar-refractivity contribution in [2.75, 3.05) is 6.61 Å². The summed E-state index contributed by atoms with van der Waals surface area (Å²) in [6.07, 6.45) is -9.76. The van der Waals surface area contributed by atoms with E-state index in [1.54, 1.807) is 0 Å². The van der Waals surface area contributed by atoms with Crippen LogP contribution < -0.4 is 0 Å². The van der Waals surface area contributed by atoms with Crippen LogP contribution in [-0.4, -0.2) is 82.3 Å². The number of fused-ring (bicyclic) bond motifs is 3. The van der Waals surface area contributed by atoms with Gasteiger partial charge in [-0.2, -0.15) is 0 Å². The van der Waals surface area contributed by atoms with Gasteiger partial charge in [0, 0.05) is 5.56 Å². The molecule has 0 amide bonds. The van der Waals surface area contributed by atoms with Crippen molar-refractivity contribution in [2.24, 2.45) is 0 Å². The van der Waals surface area contributed by atoms with Crippen molar-refractivity contribution in [3.05, 3.63) is 47.9 Å². The van der Waals surface area contributed by atoms with Gasteiger partial charge in [-0.1, -0.05) is 30.3 Å². The van der Waals surface area contributed by atoms with Gasteiger partial charge in [-0.25, -0.2) is 0 Å². The summed E-state index contributed by atoms with van der Waals surface area (Å²) in [5, 5.41) is 41.4. The topological polar surface area (TPSA) is 136 Å². The summed E-state index contributed by atoms with van der Waals surface area (Å²) in [5.41, 5.74) is 0.745. The zero-order chi connectivity index (χ0) is 20.1. The fraction of sp³-hybridized carbons (Fsp3) is 0.579. The van der Waals surface area contributed by atoms with Crippen LogP contribution in [-0.2, 0) is 28.4 Å². The number of hydrogen-bond donors (Lipinski definition) is 4. The van der Waals surface area contributed by atoms with E-state index in [2.05, 4.69) is 0 Å². The maximum atomic E-state index is 10.6. The van der Waals surface area contributed by atoms with E-state index in [-0.39, 0.29) is 12.4 Å². The van der Waals surface area contributed by atoms with Gasteiger partial charge in [-0.05, 0) is 0 Å². The predicted molar refractivity (Wildman–Crippen MR) is 91.6 cm³/mol. The highest BCUT2D eigenvalue weighted by Gasteiger charge is 2.54. The van der Waals surface area contributed by atoms with E-state index in [0.29, 0.717) is 0 Å². The molecule has 4 N–H and O–H groups in total. The summed E-state index contributed by atoms with van der Waals surface area (Å²) in [4.78, 5) is 0. The van der Waals surface area contributed by atoms with Gasteiger partial charge in [0.2, 0.25) is 12.6 Å². The fourth-order valence-electron chi connectivity index (χ4n) is 3.88. The molecule has 10 nitrogen and oxygen atoms in total. The normalized spacial score (nSPS) is 46.3. The minimum Gasteiger partial charge on any atom is -0.465 e. The summed E-state index contributed by atoms with van der Waals surface area (Å²) < 4.78 is 33.3. The summed E-state index contributed by atoms with van der Waals surface area (Å²) in [6, 6.07) is 9.15. The Balaban J connectivity index is 1.31. The number of rotatable bonds is 3. The van der Waals surface area contributed by atoms with E-state index in [9.17, 15) is 20.4 Å². The molecular formula is C19H22O10. The quantitative estimate of drug-likeness (QED) is 0.485. The Kier molecular flexibility index (Phi) is 4.96. The van der Waals surface area contributed by atoms with E-state index in [1.165, 1.54) is 6.26 Å². The third-order valence-electron chi connectivity index (χ3n) is 5.48. The second-order valence-electron chi connectivity index (χ2n) is 7.38. The molecule has 1 aromatic carbocycles. The third-order valence-corrected chi connectivity index (χ3v) is 5.48. The summed E-state index contributed by atoms with van der Waals surface area (Å²) >= 11 is 0. The highest BCUT2D eigenvalue weighted by molar-refractivity contribution is 5.18. The highest BCUT2D eigenvalue weighted by Crippen LogP contribution is 2.38. The van der Waals surface area contributed by atoms with Gasteiger partial charge < -0.3 is 48.8 Å². The maximum Gasteiger partial charge on any atom is 0.229 e. The molecule has 158 valence electrons. The van der Waals surface area contributed by atoms with Crippen molar-refractivity contribution in [3.8, 4) is 0 Å². The smallest absolute Gasteiger partial charge is 0.229 e. The summed E-state index contributed by atoms with van der Waals surface area (Å²) in [6.45, 7) is 0.116. The molecule has 0 aromatic heterocycles. The maximum absolute atomic E-state index is 10.6. The highest BCUT2D eigenvalue weighted by atomic mass is 16.8. The third kappa shape index (κ3) is 3.31. The Morgan fingerprint density at radius 1 is 0.897 bits per heavy atom. The van der Waals surface area contributed by atoms with Gasteiger partial charge in [-0.15, -0.1) is 0 Å². The second-order valence-corrected chi connectivity index (χ2v) is 7.38. The summed E-state index contributed by atoms with van der Waals surface area (Å²) in [7, 11) is 0. The SMILES string of the molecule is OC1C(OC2C3COC(O3)C(O)C2O)OC2=COC(c3ccccc3)OC2C1O. The molecule has 0 spiro atoms. The average molecular weight is 410 g/mol. The van der Waals surface area contributed by atoms with Crippen LogP contribution in [0, 0.1) is 0 Å². The molecule has 0 aliphatic carbocycles. The number of benzene rings is 1. The van der Waals surface area contributed by atoms with Gasteiger partial charge in [0.15, 0.2) is 18.2 Å². The Morgan fingerprint density at radius 3 is 2.48 bits per heavy atom. The van der Waals surface area contributed by atoms with Crippen LogP contribution >= 0.6 is 0 Å². The molecule has 4 aliphatic rings. The number of aliphatic hydroxyl groups is 4. The molecule has 0 radical (unpaired) electrons. The van der Waals surface area contributed by atoms with Crippen LogP contribution in [0.1, 0.15) is 11.9 Å². The van der Waals surface area contributed by atoms with Gasteiger partial charge >= 0.3 is 0 Å². The lowest BCUT2D eigenvalue weighted by molar-refractivity contribution is -0.321. The first-order chi connectivity index (χ1) is 14.0. The van der Waals surface area contributed by atoms with Crippen molar-refractivity contribution in [1.82, 2.24) is 0 Å². The van der Waals surface area contributed by atoms with E-state index in [1.807, 2.05) is 30.3 Å². The molecule has 4 heterocycles. The van der Waals surface area contributed by atoms with Crippen molar-refractivity contribution < 1.29 is 48.8 Å². The van der Waals surface area contributed by atoms with Gasteiger partial charge in [-0.3, -0.25) is 0 Å². The monoisotopic (exact) mass is 410 g/mol. The number of hydrogen-bond acceptors (Lipinski definition) is 10. The van der Waals surface area contributed by atoms with Crippen LogP contribution in [0.25, 0.3) is 0 Å². The predicted octanol–water partition coefficient (Wildman–Crippen LogP) is -1.12. The molecule has 2 bridgehead atoms. The van der Waals surface area contributed by atoms with E-state index < -0.39 is 61.6 Å². The number of ether oxygens (including phenoxy) is 6. The lowest BCUT2D eigenvalue weighted by Gasteiger charge is -2.44. The molecule has 0 saturated carbocycles. The summed E-state index contributed by atoms with van der Waals surface area (Å²) in [5.74, 6) is 0.146. The fourth-order valence-corrected chi connectivity index (χ4v) is 3.88. The van der Waals surface area contributed by atoms with Crippen molar-refractivity contribution in [3.63, 3.8) is 0 Å². The van der Waals surface area contributed by atoms with Crippen LogP contribution in [0.4, 0.5) is 0 Å². The molecule has 3 fully saturated rings. The molecule has 10 atom stereocenters. The molecule has 10 heteroatoms. The molecule has 4 aliphatic heterocycles. The van der Waals surface area contributed by atoms with E-state index in [0.717, 1.165) is 5.56 Å². The van der Waals surface area contributed by atoms with Crippen LogP contribution in [0.5, 0.6) is 0 Å². The average Bonchev–Trinajstić information content (AvgIpc) is 3.20. The van der Waals surface area contributed by atoms with Crippen molar-refractivity contribution in [2.45, 2.75) is 61.6 Å².